The van der Waals surface area contributed by atoms with Crippen molar-refractivity contribution in [3.05, 3.63) is 48.6 Å². The second kappa shape index (κ2) is 4.39. The molecule has 0 amide bonds. The van der Waals surface area contributed by atoms with E-state index in [-0.39, 0.29) is 0 Å². The Morgan fingerprint density at radius 1 is 1.38 bits per heavy atom. The summed E-state index contributed by atoms with van der Waals surface area (Å²) in [6, 6.07) is 11.7. The van der Waals surface area contributed by atoms with Gasteiger partial charge in [0.25, 0.3) is 0 Å². The quantitative estimate of drug-likeness (QED) is 0.574. The van der Waals surface area contributed by atoms with Crippen LogP contribution in [-0.4, -0.2) is 13.1 Å². The third kappa shape index (κ3) is 3.57. The molecule has 13 heavy (non-hydrogen) atoms. The first-order valence-corrected chi connectivity index (χ1v) is 7.37. The predicted molar refractivity (Wildman–Crippen MR) is 59.0 cm³/mol. The molecule has 1 aromatic carbocycles. The molecule has 0 aliphatic carbocycles. The summed E-state index contributed by atoms with van der Waals surface area (Å²) in [5.74, 6) is 0. The van der Waals surface area contributed by atoms with Crippen LogP contribution in [0.3, 0.4) is 0 Å². The van der Waals surface area contributed by atoms with E-state index in [2.05, 4.69) is 18.7 Å². The molecule has 0 spiro atoms. The van der Waals surface area contributed by atoms with Gasteiger partial charge in [-0.2, -0.15) is 0 Å². The van der Waals surface area contributed by atoms with Gasteiger partial charge in [0.1, 0.15) is 0 Å². The van der Waals surface area contributed by atoms with Gasteiger partial charge in [-0.1, -0.05) is 36.4 Å². The van der Waals surface area contributed by atoms with Crippen molar-refractivity contribution < 1.29 is 4.80 Å². The van der Waals surface area contributed by atoms with Crippen LogP contribution in [0.2, 0.25) is 12.6 Å². The van der Waals surface area contributed by atoms with Gasteiger partial charge in [0.05, 0.1) is 0 Å². The molecule has 0 aromatic heterocycles. The van der Waals surface area contributed by atoms with Crippen LogP contribution in [-0.2, 0) is 6.04 Å². The highest BCUT2D eigenvalue weighted by atomic mass is 28.4. The van der Waals surface area contributed by atoms with Crippen LogP contribution in [0.5, 0.6) is 0 Å². The average Bonchev–Trinajstić information content (AvgIpc) is 2.04. The van der Waals surface area contributed by atoms with E-state index in [1.54, 1.807) is 0 Å². The number of allylic oxidation sites excluding steroid dienone is 1. The number of hydrogen-bond donors (Lipinski definition) is 1. The van der Waals surface area contributed by atoms with E-state index in [0.29, 0.717) is 0 Å². The van der Waals surface area contributed by atoms with Crippen molar-refractivity contribution in [2.45, 2.75) is 18.6 Å². The van der Waals surface area contributed by atoms with Crippen molar-refractivity contribution in [3.63, 3.8) is 0 Å². The van der Waals surface area contributed by atoms with Crippen LogP contribution >= 0.6 is 0 Å². The van der Waals surface area contributed by atoms with Gasteiger partial charge >= 0.3 is 0 Å². The average molecular weight is 192 g/mol. The highest BCUT2D eigenvalue weighted by molar-refractivity contribution is 6.71. The van der Waals surface area contributed by atoms with Gasteiger partial charge < -0.3 is 4.80 Å². The molecule has 0 saturated carbocycles. The van der Waals surface area contributed by atoms with E-state index in [1.165, 1.54) is 5.56 Å². The lowest BCUT2D eigenvalue weighted by molar-refractivity contribution is 0.542. The molecule has 0 fully saturated rings. The normalized spacial score (nSPS) is 14.9. The van der Waals surface area contributed by atoms with Crippen LogP contribution in [0.1, 0.15) is 5.56 Å². The lowest BCUT2D eigenvalue weighted by Gasteiger charge is -2.17. The van der Waals surface area contributed by atoms with E-state index in [9.17, 15) is 4.80 Å². The number of benzene rings is 1. The van der Waals surface area contributed by atoms with Crippen molar-refractivity contribution >= 4 is 8.32 Å². The number of rotatable bonds is 4. The zero-order valence-corrected chi connectivity index (χ0v) is 9.03. The first-order valence-electron chi connectivity index (χ1n) is 4.51. The molecule has 70 valence electrons. The van der Waals surface area contributed by atoms with Crippen LogP contribution < -0.4 is 0 Å². The minimum absolute atomic E-state index is 0.766. The minimum Gasteiger partial charge on any atom is -0.431 e. The molecule has 1 atom stereocenters. The van der Waals surface area contributed by atoms with Crippen molar-refractivity contribution in [1.29, 1.82) is 0 Å². The molecule has 0 heterocycles. The molecule has 0 aliphatic rings. The summed E-state index contributed by atoms with van der Waals surface area (Å²) < 4.78 is 0. The second-order valence-electron chi connectivity index (χ2n) is 3.65. The monoisotopic (exact) mass is 192 g/mol. The van der Waals surface area contributed by atoms with E-state index in [4.69, 9.17) is 0 Å². The summed E-state index contributed by atoms with van der Waals surface area (Å²) >= 11 is 0. The molecule has 1 N–H and O–H groups in total. The topological polar surface area (TPSA) is 20.2 Å². The third-order valence-corrected chi connectivity index (χ3v) is 4.35. The van der Waals surface area contributed by atoms with Gasteiger partial charge in [-0.15, -0.1) is 6.58 Å². The van der Waals surface area contributed by atoms with Crippen LogP contribution in [0.15, 0.2) is 43.0 Å². The first kappa shape index (κ1) is 10.2. The summed E-state index contributed by atoms with van der Waals surface area (Å²) in [6.45, 7) is 5.64. The minimum atomic E-state index is -2.06. The molecule has 0 radical (unpaired) electrons. The number of hydrogen-bond acceptors (Lipinski definition) is 1. The Morgan fingerprint density at radius 2 is 2.00 bits per heavy atom. The van der Waals surface area contributed by atoms with E-state index >= 15 is 0 Å². The van der Waals surface area contributed by atoms with E-state index in [1.807, 2.05) is 30.8 Å². The summed E-state index contributed by atoms with van der Waals surface area (Å²) in [5.41, 5.74) is 1.22. The first-order chi connectivity index (χ1) is 6.14. The fourth-order valence-electron chi connectivity index (χ4n) is 1.42. The molecular weight excluding hydrogens is 176 g/mol. The molecule has 1 nitrogen and oxygen atoms in total. The zero-order chi connectivity index (χ0) is 9.73. The van der Waals surface area contributed by atoms with Crippen molar-refractivity contribution in [2.75, 3.05) is 0 Å². The highest BCUT2D eigenvalue weighted by Gasteiger charge is 2.22. The van der Waals surface area contributed by atoms with Crippen LogP contribution in [0.25, 0.3) is 0 Å². The molecule has 1 aromatic rings. The third-order valence-electron chi connectivity index (χ3n) is 2.01. The Hall–Kier alpha value is -0.863. The van der Waals surface area contributed by atoms with Crippen molar-refractivity contribution in [2.24, 2.45) is 0 Å². The van der Waals surface area contributed by atoms with Crippen LogP contribution in [0, 0.1) is 0 Å². The summed E-state index contributed by atoms with van der Waals surface area (Å²) in [5, 5.41) is 0. The molecule has 1 unspecified atom stereocenters. The maximum Gasteiger partial charge on any atom is 0.193 e. The van der Waals surface area contributed by atoms with E-state index < -0.39 is 8.32 Å². The Balaban J connectivity index is 2.63. The lowest BCUT2D eigenvalue weighted by atomic mass is 10.2. The Kier molecular flexibility index (Phi) is 3.45. The fourth-order valence-corrected chi connectivity index (χ4v) is 3.30. The van der Waals surface area contributed by atoms with E-state index in [0.717, 1.165) is 12.1 Å². The van der Waals surface area contributed by atoms with Gasteiger partial charge in [0, 0.05) is 0 Å². The smallest absolute Gasteiger partial charge is 0.193 e. The SMILES string of the molecule is C=CC[Si](C)(O)Cc1ccccc1. The second-order valence-corrected chi connectivity index (χ2v) is 7.41. The van der Waals surface area contributed by atoms with Gasteiger partial charge in [0.15, 0.2) is 8.32 Å². The highest BCUT2D eigenvalue weighted by Crippen LogP contribution is 2.13. The lowest BCUT2D eigenvalue weighted by Crippen LogP contribution is -2.32. The fraction of sp³-hybridized carbons (Fsp3) is 0.273. The summed E-state index contributed by atoms with van der Waals surface area (Å²) in [7, 11) is -2.06. The molecule has 0 bridgehead atoms. The molecule has 1 rings (SSSR count). The van der Waals surface area contributed by atoms with Gasteiger partial charge in [0.2, 0.25) is 0 Å². The van der Waals surface area contributed by atoms with Gasteiger partial charge in [-0.3, -0.25) is 0 Å². The molecule has 0 saturated heterocycles. The molecule has 0 aliphatic heterocycles. The molecule has 2 heteroatoms. The largest absolute Gasteiger partial charge is 0.431 e. The van der Waals surface area contributed by atoms with Gasteiger partial charge in [-0.05, 0) is 24.2 Å². The standard InChI is InChI=1S/C11H16OSi/c1-3-9-13(2,12)10-11-7-5-4-6-8-11/h3-8,12H,1,9-10H2,2H3. The van der Waals surface area contributed by atoms with Crippen molar-refractivity contribution in [1.82, 2.24) is 0 Å². The Morgan fingerprint density at radius 3 is 2.54 bits per heavy atom. The zero-order valence-electron chi connectivity index (χ0n) is 8.03. The molecular formula is C11H16OSi. The predicted octanol–water partition coefficient (Wildman–Crippen LogP) is 2.52. The Bertz CT molecular complexity index is 267. The Labute approximate surface area is 80.9 Å². The summed E-state index contributed by atoms with van der Waals surface area (Å²) in [4.78, 5) is 10.0. The maximum atomic E-state index is 10.0. The van der Waals surface area contributed by atoms with Crippen LogP contribution in [0.4, 0.5) is 0 Å². The summed E-state index contributed by atoms with van der Waals surface area (Å²) in [6.07, 6.45) is 1.81. The maximum absolute atomic E-state index is 10.0. The van der Waals surface area contributed by atoms with Crippen molar-refractivity contribution in [3.8, 4) is 0 Å². The van der Waals surface area contributed by atoms with Gasteiger partial charge in [-0.25, -0.2) is 0 Å².